The summed E-state index contributed by atoms with van der Waals surface area (Å²) in [5.74, 6) is -0.871. The van der Waals surface area contributed by atoms with Crippen molar-refractivity contribution in [1.29, 1.82) is 0 Å². The molecular formula is C46H48FN5O5. The number of likely N-dealkylation sites (N-methyl/N-ethyl adjacent to an activating group) is 1. The summed E-state index contributed by atoms with van der Waals surface area (Å²) in [6.07, 6.45) is 2.08. The third-order valence-corrected chi connectivity index (χ3v) is 11.2. The minimum atomic E-state index is -0.871. The number of pyridine rings is 1. The highest BCUT2D eigenvalue weighted by molar-refractivity contribution is 6.03. The number of nitrogens with zero attached hydrogens (tertiary/aromatic N) is 4. The second-order valence-corrected chi connectivity index (χ2v) is 16.3. The van der Waals surface area contributed by atoms with Crippen LogP contribution in [0.15, 0.2) is 107 Å². The fourth-order valence-electron chi connectivity index (χ4n) is 8.32. The summed E-state index contributed by atoms with van der Waals surface area (Å²) in [5.41, 5.74) is 6.20. The number of ether oxygens (including phenoxy) is 2. The number of aromatic amines is 1. The normalized spacial score (nSPS) is 19.9. The Morgan fingerprint density at radius 1 is 0.807 bits per heavy atom. The van der Waals surface area contributed by atoms with Gasteiger partial charge in [0.15, 0.2) is 5.82 Å². The molecule has 3 atom stereocenters. The largest absolute Gasteiger partial charge is 0.445 e. The van der Waals surface area contributed by atoms with Crippen molar-refractivity contribution >= 4 is 28.8 Å². The predicted octanol–water partition coefficient (Wildman–Crippen LogP) is 8.94. The number of benzene rings is 4. The van der Waals surface area contributed by atoms with E-state index in [-0.39, 0.29) is 36.0 Å². The van der Waals surface area contributed by atoms with E-state index in [4.69, 9.17) is 14.5 Å². The van der Waals surface area contributed by atoms with E-state index in [9.17, 15) is 14.4 Å². The summed E-state index contributed by atoms with van der Waals surface area (Å²) < 4.78 is 26.9. The molecule has 2 fully saturated rings. The Morgan fingerprint density at radius 2 is 1.42 bits per heavy atom. The average molecular weight is 770 g/mol. The lowest BCUT2D eigenvalue weighted by molar-refractivity contribution is 0.0161. The number of H-pyrrole nitrogens is 1. The molecule has 4 heterocycles. The van der Waals surface area contributed by atoms with Gasteiger partial charge in [0.2, 0.25) is 5.43 Å². The Bertz CT molecular complexity index is 2370. The third kappa shape index (κ3) is 7.94. The van der Waals surface area contributed by atoms with Crippen molar-refractivity contribution in [3.05, 3.63) is 130 Å². The van der Waals surface area contributed by atoms with Crippen molar-refractivity contribution in [2.75, 3.05) is 26.7 Å². The van der Waals surface area contributed by atoms with E-state index in [2.05, 4.69) is 53.3 Å². The summed E-state index contributed by atoms with van der Waals surface area (Å²) in [6, 6.07) is 30.7. The van der Waals surface area contributed by atoms with Crippen LogP contribution >= 0.6 is 0 Å². The summed E-state index contributed by atoms with van der Waals surface area (Å²) in [7, 11) is 2.06. The minimum Gasteiger partial charge on any atom is -0.445 e. The Morgan fingerprint density at radius 3 is 2.11 bits per heavy atom. The summed E-state index contributed by atoms with van der Waals surface area (Å²) >= 11 is 0. The Balaban J connectivity index is 0.968. The number of hydrogen-bond donors (Lipinski definition) is 1. The second-order valence-electron chi connectivity index (χ2n) is 16.3. The van der Waals surface area contributed by atoms with E-state index in [0.717, 1.165) is 51.9 Å². The molecule has 0 spiro atoms. The van der Waals surface area contributed by atoms with Crippen molar-refractivity contribution in [3.8, 4) is 22.3 Å². The van der Waals surface area contributed by atoms with Crippen molar-refractivity contribution in [3.63, 3.8) is 0 Å². The second kappa shape index (κ2) is 15.6. The number of carbonyl (C=O) groups is 2. The van der Waals surface area contributed by atoms with E-state index in [0.29, 0.717) is 38.0 Å². The van der Waals surface area contributed by atoms with Gasteiger partial charge in [0, 0.05) is 25.0 Å². The van der Waals surface area contributed by atoms with Gasteiger partial charge < -0.3 is 19.4 Å². The first kappa shape index (κ1) is 38.1. The molecule has 1 N–H and O–H groups in total. The summed E-state index contributed by atoms with van der Waals surface area (Å²) in [4.78, 5) is 53.2. The molecule has 0 bridgehead atoms. The number of fused-ring (bicyclic) bond motifs is 1. The zero-order valence-electron chi connectivity index (χ0n) is 32.8. The number of hydrogen-bond acceptors (Lipinski definition) is 7. The monoisotopic (exact) mass is 769 g/mol. The van der Waals surface area contributed by atoms with Crippen LogP contribution in [-0.2, 0) is 16.1 Å². The number of amides is 2. The van der Waals surface area contributed by atoms with Crippen molar-refractivity contribution in [1.82, 2.24) is 19.7 Å². The quantitative estimate of drug-likeness (QED) is 0.177. The van der Waals surface area contributed by atoms with Crippen molar-refractivity contribution in [2.24, 2.45) is 4.99 Å². The van der Waals surface area contributed by atoms with Crippen LogP contribution in [0.1, 0.15) is 69.3 Å². The summed E-state index contributed by atoms with van der Waals surface area (Å²) in [6.45, 7) is 7.57. The number of carbonyl (C=O) groups excluding carboxylic acids is 2. The number of likely N-dealkylation sites (tertiary alicyclic amines) is 2. The first-order chi connectivity index (χ1) is 27.4. The molecule has 5 aromatic rings. The van der Waals surface area contributed by atoms with Crippen molar-refractivity contribution in [2.45, 2.75) is 76.9 Å². The van der Waals surface area contributed by atoms with E-state index < -0.39 is 29.0 Å². The molecule has 3 aliphatic heterocycles. The first-order valence-corrected chi connectivity index (χ1v) is 19.7. The van der Waals surface area contributed by atoms with E-state index in [1.54, 1.807) is 6.07 Å². The van der Waals surface area contributed by atoms with Crippen LogP contribution in [0.3, 0.4) is 0 Å². The highest BCUT2D eigenvalue weighted by Crippen LogP contribution is 2.35. The Kier molecular flexibility index (Phi) is 10.4. The zero-order valence-corrected chi connectivity index (χ0v) is 32.8. The highest BCUT2D eigenvalue weighted by Gasteiger charge is 2.41. The highest BCUT2D eigenvalue weighted by atomic mass is 19.1. The lowest BCUT2D eigenvalue weighted by Crippen LogP contribution is -2.48. The van der Waals surface area contributed by atoms with Crippen LogP contribution in [-0.4, -0.2) is 82.1 Å². The van der Waals surface area contributed by atoms with Gasteiger partial charge in [-0.1, -0.05) is 84.9 Å². The molecule has 2 amide bonds. The van der Waals surface area contributed by atoms with Gasteiger partial charge in [0.25, 0.3) is 0 Å². The minimum absolute atomic E-state index is 0.0231. The van der Waals surface area contributed by atoms with Gasteiger partial charge in [0.1, 0.15) is 18.4 Å². The Hall–Kier alpha value is -5.81. The molecule has 0 radical (unpaired) electrons. The molecule has 0 aliphatic carbocycles. The molecule has 10 nitrogen and oxygen atoms in total. The number of nitrogens with one attached hydrogen (secondary N) is 1. The first-order valence-electron chi connectivity index (χ1n) is 19.7. The Labute approximate surface area is 331 Å². The zero-order chi connectivity index (χ0) is 39.8. The van der Waals surface area contributed by atoms with Crippen molar-refractivity contribution < 1.29 is 23.5 Å². The van der Waals surface area contributed by atoms with Gasteiger partial charge in [-0.25, -0.2) is 14.0 Å². The number of aliphatic imine (C=N–C) groups is 1. The van der Waals surface area contributed by atoms with Crippen LogP contribution in [0.5, 0.6) is 0 Å². The maximum atomic E-state index is 15.6. The maximum absolute atomic E-state index is 15.6. The molecule has 3 aliphatic rings. The molecule has 11 heteroatoms. The number of halogens is 1. The molecule has 1 aromatic heterocycles. The van der Waals surface area contributed by atoms with Gasteiger partial charge in [0.05, 0.1) is 29.0 Å². The molecule has 4 aromatic carbocycles. The molecule has 0 saturated carbocycles. The number of rotatable bonds is 7. The fourth-order valence-corrected chi connectivity index (χ4v) is 8.32. The van der Waals surface area contributed by atoms with Crippen LogP contribution in [0.4, 0.5) is 14.0 Å². The molecule has 294 valence electrons. The molecular weight excluding hydrogens is 722 g/mol. The molecule has 8 rings (SSSR count). The standard InChI is InChI=1S/C46H48FN5O5/c1-46(2,3)57-45(55)52-25-9-13-39(52)43-49-37(27-50(43)4)33-20-18-31(19-21-33)30-14-16-32(17-15-30)34-22-23-35-36(26-34)48-41(40(47)42(35)53)38-12-8-24-51(38)44(54)56-28-29-10-6-5-7-11-29/h5-7,10-11,14-23,26,38-39,43H,8-9,12-13,24-25,27-28H2,1-4H3,(H,48,53). The smallest absolute Gasteiger partial charge is 0.410 e. The van der Waals surface area contributed by atoms with Crippen LogP contribution in [0.25, 0.3) is 33.2 Å². The average Bonchev–Trinajstić information content (AvgIpc) is 3.99. The van der Waals surface area contributed by atoms with E-state index in [1.165, 1.54) is 4.90 Å². The maximum Gasteiger partial charge on any atom is 0.410 e. The topological polar surface area (TPSA) is 108 Å². The molecule has 2 saturated heterocycles. The van der Waals surface area contributed by atoms with Gasteiger partial charge in [-0.3, -0.25) is 19.6 Å². The predicted molar refractivity (Wildman–Crippen MR) is 220 cm³/mol. The SMILES string of the molecule is CN1CC(c2ccc(-c3ccc(-c4ccc5c(=O)c(F)c(C6CCCN6C(=O)OCc6ccccc6)[nH]c5c4)cc3)cc2)=NC1C1CCCN1C(=O)OC(C)(C)C. The van der Waals surface area contributed by atoms with Gasteiger partial charge in [-0.05, 0) is 99.0 Å². The summed E-state index contributed by atoms with van der Waals surface area (Å²) in [5, 5.41) is 0.251. The lowest BCUT2D eigenvalue weighted by atomic mass is 9.98. The lowest BCUT2D eigenvalue weighted by Gasteiger charge is -2.32. The molecule has 3 unspecified atom stereocenters. The van der Waals surface area contributed by atoms with Gasteiger partial charge in [-0.15, -0.1) is 0 Å². The van der Waals surface area contributed by atoms with Crippen LogP contribution in [0, 0.1) is 5.82 Å². The van der Waals surface area contributed by atoms with Crippen LogP contribution < -0.4 is 5.43 Å². The van der Waals surface area contributed by atoms with E-state index in [1.807, 2.05) is 80.3 Å². The fraction of sp³-hybridized carbons (Fsp3) is 0.348. The molecule has 57 heavy (non-hydrogen) atoms. The third-order valence-electron chi connectivity index (χ3n) is 11.2. The van der Waals surface area contributed by atoms with Crippen LogP contribution in [0.2, 0.25) is 0 Å². The van der Waals surface area contributed by atoms with Gasteiger partial charge in [-0.2, -0.15) is 0 Å². The van der Waals surface area contributed by atoms with E-state index >= 15 is 4.39 Å². The number of aromatic nitrogens is 1. The van der Waals surface area contributed by atoms with Gasteiger partial charge >= 0.3 is 12.2 Å².